The summed E-state index contributed by atoms with van der Waals surface area (Å²) in [6.07, 6.45) is 6.54. The molecule has 0 fully saturated rings. The SMILES string of the molecule is C1=C(c2ccccc2)CCC(N(c2ccccc2)c2ccc3c(-c4cccc5ccccc45)c4cc(N(c5ccccc5)c5ccc(-c6ccccc6)cc5)ccc4c(-c4cccc5ccccc45)c3c2)=C1. The Bertz CT molecular complexity index is 4000. The largest absolute Gasteiger partial charge is 0.314 e. The first kappa shape index (κ1) is 42.8. The van der Waals surface area contributed by atoms with Gasteiger partial charge in [-0.1, -0.05) is 212 Å². The van der Waals surface area contributed by atoms with Crippen molar-refractivity contribution in [3.8, 4) is 33.4 Å². The van der Waals surface area contributed by atoms with E-state index in [9.17, 15) is 0 Å². The van der Waals surface area contributed by atoms with Crippen LogP contribution in [0, 0.1) is 0 Å². The number of benzene rings is 12. The maximum absolute atomic E-state index is 2.48. The summed E-state index contributed by atoms with van der Waals surface area (Å²) in [5.74, 6) is 0. The molecule has 12 aromatic carbocycles. The molecule has 1 aliphatic rings. The predicted octanol–water partition coefficient (Wildman–Crippen LogP) is 19.7. The van der Waals surface area contributed by atoms with E-state index in [0.717, 1.165) is 41.3 Å². The van der Waals surface area contributed by atoms with E-state index in [-0.39, 0.29) is 0 Å². The number of rotatable bonds is 10. The van der Waals surface area contributed by atoms with Gasteiger partial charge in [0.2, 0.25) is 0 Å². The zero-order chi connectivity index (χ0) is 47.8. The number of fused-ring (bicyclic) bond motifs is 4. The van der Waals surface area contributed by atoms with Crippen molar-refractivity contribution in [2.45, 2.75) is 12.8 Å². The van der Waals surface area contributed by atoms with E-state index in [0.29, 0.717) is 0 Å². The van der Waals surface area contributed by atoms with Crippen molar-refractivity contribution < 1.29 is 0 Å². The molecule has 0 unspecified atom stereocenters. The highest BCUT2D eigenvalue weighted by Crippen LogP contribution is 2.50. The lowest BCUT2D eigenvalue weighted by Crippen LogP contribution is -2.17. The third kappa shape index (κ3) is 7.80. The summed E-state index contributed by atoms with van der Waals surface area (Å²) in [4.78, 5) is 4.88. The van der Waals surface area contributed by atoms with Crippen molar-refractivity contribution in [1.29, 1.82) is 0 Å². The molecule has 0 aliphatic heterocycles. The average Bonchev–Trinajstić information content (AvgIpc) is 3.46. The summed E-state index contributed by atoms with van der Waals surface area (Å²) < 4.78 is 0. The van der Waals surface area contributed by atoms with E-state index < -0.39 is 0 Å². The first-order valence-electron chi connectivity index (χ1n) is 25.0. The van der Waals surface area contributed by atoms with Crippen LogP contribution in [0.1, 0.15) is 18.4 Å². The van der Waals surface area contributed by atoms with Gasteiger partial charge in [-0.15, -0.1) is 0 Å². The lowest BCUT2D eigenvalue weighted by Gasteiger charge is -2.31. The highest BCUT2D eigenvalue weighted by Gasteiger charge is 2.25. The van der Waals surface area contributed by atoms with E-state index in [1.165, 1.54) is 93.3 Å². The zero-order valence-electron chi connectivity index (χ0n) is 39.9. The van der Waals surface area contributed by atoms with Crippen LogP contribution in [-0.2, 0) is 0 Å². The van der Waals surface area contributed by atoms with Crippen molar-refractivity contribution >= 4 is 77.1 Å². The number of anilines is 5. The van der Waals surface area contributed by atoms with Crippen LogP contribution in [0.3, 0.4) is 0 Å². The highest BCUT2D eigenvalue weighted by atomic mass is 15.2. The molecule has 0 heterocycles. The molecule has 2 nitrogen and oxygen atoms in total. The minimum Gasteiger partial charge on any atom is -0.314 e. The van der Waals surface area contributed by atoms with Gasteiger partial charge in [0.05, 0.1) is 0 Å². The highest BCUT2D eigenvalue weighted by molar-refractivity contribution is 6.26. The molecule has 12 aromatic rings. The Labute approximate surface area is 421 Å². The number of hydrogen-bond acceptors (Lipinski definition) is 2. The van der Waals surface area contributed by atoms with E-state index in [1.54, 1.807) is 0 Å². The third-order valence-corrected chi connectivity index (χ3v) is 14.5. The molecule has 0 saturated heterocycles. The van der Waals surface area contributed by atoms with Crippen LogP contribution in [0.15, 0.2) is 285 Å². The third-order valence-electron chi connectivity index (χ3n) is 14.5. The second-order valence-electron chi connectivity index (χ2n) is 18.7. The van der Waals surface area contributed by atoms with E-state index in [4.69, 9.17) is 0 Å². The van der Waals surface area contributed by atoms with E-state index in [1.807, 2.05) is 0 Å². The monoisotopic (exact) mass is 918 g/mol. The predicted molar refractivity (Wildman–Crippen MR) is 308 cm³/mol. The second-order valence-corrected chi connectivity index (χ2v) is 18.7. The quantitative estimate of drug-likeness (QED) is 0.126. The first-order chi connectivity index (χ1) is 35.7. The molecular weight excluding hydrogens is 869 g/mol. The fourth-order valence-electron chi connectivity index (χ4n) is 11.2. The van der Waals surface area contributed by atoms with E-state index >= 15 is 0 Å². The van der Waals surface area contributed by atoms with Crippen molar-refractivity contribution in [2.24, 2.45) is 0 Å². The summed E-state index contributed by atoms with van der Waals surface area (Å²) in [6.45, 7) is 0. The fourth-order valence-corrected chi connectivity index (χ4v) is 11.2. The van der Waals surface area contributed by atoms with Crippen molar-refractivity contribution in [1.82, 2.24) is 0 Å². The van der Waals surface area contributed by atoms with Gasteiger partial charge >= 0.3 is 0 Å². The van der Waals surface area contributed by atoms with Crippen molar-refractivity contribution in [2.75, 3.05) is 9.80 Å². The molecule has 0 aromatic heterocycles. The Morgan fingerprint density at radius 1 is 0.250 bits per heavy atom. The molecule has 2 heteroatoms. The van der Waals surface area contributed by atoms with Crippen LogP contribution in [0.5, 0.6) is 0 Å². The van der Waals surface area contributed by atoms with Gasteiger partial charge in [0.15, 0.2) is 0 Å². The summed E-state index contributed by atoms with van der Waals surface area (Å²) >= 11 is 0. The number of nitrogens with zero attached hydrogens (tertiary/aromatic N) is 2. The molecule has 0 bridgehead atoms. The molecule has 340 valence electrons. The van der Waals surface area contributed by atoms with Gasteiger partial charge in [-0.3, -0.25) is 0 Å². The lowest BCUT2D eigenvalue weighted by molar-refractivity contribution is 0.930. The molecule has 0 amide bonds. The zero-order valence-corrected chi connectivity index (χ0v) is 39.9. The number of hydrogen-bond donors (Lipinski definition) is 0. The Morgan fingerprint density at radius 3 is 1.19 bits per heavy atom. The molecule has 0 N–H and O–H groups in total. The van der Waals surface area contributed by atoms with Crippen LogP contribution < -0.4 is 9.80 Å². The van der Waals surface area contributed by atoms with Crippen LogP contribution >= 0.6 is 0 Å². The molecular formula is C70H50N2. The average molecular weight is 919 g/mol. The van der Waals surface area contributed by atoms with Crippen LogP contribution in [0.4, 0.5) is 28.4 Å². The maximum atomic E-state index is 2.48. The van der Waals surface area contributed by atoms with Gasteiger partial charge in [-0.2, -0.15) is 0 Å². The van der Waals surface area contributed by atoms with Crippen molar-refractivity contribution in [3.63, 3.8) is 0 Å². The topological polar surface area (TPSA) is 6.48 Å². The molecule has 0 spiro atoms. The summed E-state index contributed by atoms with van der Waals surface area (Å²) in [5, 5.41) is 9.71. The fraction of sp³-hybridized carbons (Fsp3) is 0.0286. The molecule has 0 saturated carbocycles. The van der Waals surface area contributed by atoms with Crippen LogP contribution in [-0.4, -0.2) is 0 Å². The van der Waals surface area contributed by atoms with Gasteiger partial charge in [0, 0.05) is 34.1 Å². The Balaban J connectivity index is 1.10. The molecule has 72 heavy (non-hydrogen) atoms. The molecule has 0 atom stereocenters. The summed E-state index contributed by atoms with van der Waals surface area (Å²) in [5.41, 5.74) is 16.7. The number of para-hydroxylation sites is 2. The Hall–Kier alpha value is -9.24. The van der Waals surface area contributed by atoms with Crippen LogP contribution in [0.2, 0.25) is 0 Å². The maximum Gasteiger partial charge on any atom is 0.0468 e. The smallest absolute Gasteiger partial charge is 0.0468 e. The molecule has 1 aliphatic carbocycles. The standard InChI is InChI=1S/C70H50N2/c1-5-19-49(20-6-1)51-35-39-57(40-36-51)71(55-27-9-3-10-28-55)59-43-45-65-67(47-59)69(63-33-17-25-53-23-13-15-31-61(53)63)66-46-44-60(48-68(66)70(65)64-34-18-26-54-24-14-16-32-62(54)64)72(56-29-11-4-12-30-56)58-41-37-52(38-42-58)50-21-7-2-8-22-50/h1-37,39-41,43-48H,38,42H2. The summed E-state index contributed by atoms with van der Waals surface area (Å²) in [6, 6.07) is 97.8. The first-order valence-corrected chi connectivity index (χ1v) is 25.0. The van der Waals surface area contributed by atoms with Crippen molar-refractivity contribution in [3.05, 3.63) is 290 Å². The molecule has 13 rings (SSSR count). The Morgan fingerprint density at radius 2 is 0.667 bits per heavy atom. The van der Waals surface area contributed by atoms with Gasteiger partial charge in [0.25, 0.3) is 0 Å². The minimum atomic E-state index is 0.915. The van der Waals surface area contributed by atoms with Gasteiger partial charge in [-0.25, -0.2) is 0 Å². The van der Waals surface area contributed by atoms with Gasteiger partial charge < -0.3 is 9.80 Å². The molecule has 0 radical (unpaired) electrons. The normalized spacial score (nSPS) is 12.5. The Kier molecular flexibility index (Phi) is 11.1. The number of allylic oxidation sites excluding steroid dienone is 4. The lowest BCUT2D eigenvalue weighted by atomic mass is 9.83. The summed E-state index contributed by atoms with van der Waals surface area (Å²) in [7, 11) is 0. The van der Waals surface area contributed by atoms with E-state index in [2.05, 4.69) is 289 Å². The minimum absolute atomic E-state index is 0.915. The van der Waals surface area contributed by atoms with Gasteiger partial charge in [0.1, 0.15) is 0 Å². The second kappa shape index (κ2) is 18.6. The van der Waals surface area contributed by atoms with Crippen LogP contribution in [0.25, 0.3) is 82.0 Å². The van der Waals surface area contributed by atoms with Gasteiger partial charge in [-0.05, 0) is 167 Å².